The number of hydrogen-bond acceptors (Lipinski definition) is 3. The van der Waals surface area contributed by atoms with Crippen molar-refractivity contribution in [1.29, 1.82) is 0 Å². The van der Waals surface area contributed by atoms with Crippen LogP contribution in [-0.4, -0.2) is 67.5 Å². The van der Waals surface area contributed by atoms with Crippen molar-refractivity contribution in [1.82, 2.24) is 15.1 Å². The molecule has 0 unspecified atom stereocenters. The van der Waals surface area contributed by atoms with Gasteiger partial charge in [-0.2, -0.15) is 11.8 Å². The van der Waals surface area contributed by atoms with Crippen LogP contribution >= 0.6 is 11.8 Å². The second-order valence-corrected chi connectivity index (χ2v) is 7.06. The fourth-order valence-corrected chi connectivity index (χ4v) is 3.37. The second kappa shape index (κ2) is 9.83. The van der Waals surface area contributed by atoms with Crippen LogP contribution in [-0.2, 0) is 6.54 Å². The maximum Gasteiger partial charge on any atom is 0.193 e. The minimum atomic E-state index is 1.01. The fraction of sp³-hybridized carbons (Fsp3) is 0.611. The van der Waals surface area contributed by atoms with Gasteiger partial charge in [-0.3, -0.25) is 9.89 Å². The summed E-state index contributed by atoms with van der Waals surface area (Å²) in [6.45, 7) is 8.52. The van der Waals surface area contributed by atoms with E-state index < -0.39 is 0 Å². The first-order chi connectivity index (χ1) is 11.2. The number of hydrogen-bond donors (Lipinski definition) is 1. The van der Waals surface area contributed by atoms with Crippen LogP contribution in [0, 0.1) is 6.92 Å². The number of benzene rings is 1. The lowest BCUT2D eigenvalue weighted by molar-refractivity contribution is 0.172. The van der Waals surface area contributed by atoms with Gasteiger partial charge < -0.3 is 10.2 Å². The summed E-state index contributed by atoms with van der Waals surface area (Å²) in [7, 11) is 1.88. The first-order valence-corrected chi connectivity index (χ1v) is 9.84. The smallest absolute Gasteiger partial charge is 0.193 e. The van der Waals surface area contributed by atoms with Gasteiger partial charge in [0.05, 0.1) is 0 Å². The van der Waals surface area contributed by atoms with Crippen molar-refractivity contribution < 1.29 is 0 Å². The Bertz CT molecular complexity index is 496. The van der Waals surface area contributed by atoms with Gasteiger partial charge >= 0.3 is 0 Å². The molecular weight excluding hydrogens is 304 g/mol. The topological polar surface area (TPSA) is 30.9 Å². The molecule has 0 amide bonds. The van der Waals surface area contributed by atoms with Crippen LogP contribution in [0.3, 0.4) is 0 Å². The summed E-state index contributed by atoms with van der Waals surface area (Å²) in [5, 5.41) is 3.49. The highest BCUT2D eigenvalue weighted by Gasteiger charge is 2.19. The third-order valence-electron chi connectivity index (χ3n) is 4.18. The molecule has 0 aliphatic carbocycles. The quantitative estimate of drug-likeness (QED) is 0.492. The van der Waals surface area contributed by atoms with Crippen LogP contribution in [0.2, 0.25) is 0 Å². The van der Waals surface area contributed by atoms with E-state index in [1.54, 1.807) is 0 Å². The van der Waals surface area contributed by atoms with Gasteiger partial charge in [-0.25, -0.2) is 0 Å². The lowest BCUT2D eigenvalue weighted by atomic mass is 10.1. The molecule has 0 aromatic heterocycles. The molecule has 1 aliphatic rings. The molecule has 0 spiro atoms. The molecule has 1 heterocycles. The molecule has 23 heavy (non-hydrogen) atoms. The molecular formula is C18H30N4S. The van der Waals surface area contributed by atoms with Crippen molar-refractivity contribution >= 4 is 17.7 Å². The highest BCUT2D eigenvalue weighted by atomic mass is 32.2. The zero-order valence-corrected chi connectivity index (χ0v) is 15.5. The van der Waals surface area contributed by atoms with Gasteiger partial charge in [0.1, 0.15) is 0 Å². The van der Waals surface area contributed by atoms with Crippen molar-refractivity contribution in [3.63, 3.8) is 0 Å². The Morgan fingerprint density at radius 3 is 2.70 bits per heavy atom. The molecule has 0 radical (unpaired) electrons. The van der Waals surface area contributed by atoms with Gasteiger partial charge in [-0.05, 0) is 30.9 Å². The van der Waals surface area contributed by atoms with E-state index in [-0.39, 0.29) is 0 Å². The van der Waals surface area contributed by atoms with Crippen LogP contribution < -0.4 is 5.32 Å². The van der Waals surface area contributed by atoms with Crippen molar-refractivity contribution in [2.75, 3.05) is 51.8 Å². The van der Waals surface area contributed by atoms with E-state index in [9.17, 15) is 0 Å². The summed E-state index contributed by atoms with van der Waals surface area (Å²) in [5.74, 6) is 2.26. The van der Waals surface area contributed by atoms with E-state index >= 15 is 0 Å². The van der Waals surface area contributed by atoms with Crippen LogP contribution in [0.5, 0.6) is 0 Å². The molecule has 1 aliphatic heterocycles. The molecule has 1 fully saturated rings. The Hall–Kier alpha value is -1.20. The normalized spacial score (nSPS) is 16.7. The number of aryl methyl sites for hydroxylation is 1. The lowest BCUT2D eigenvalue weighted by Gasteiger charge is -2.36. The Balaban J connectivity index is 1.76. The summed E-state index contributed by atoms with van der Waals surface area (Å²) in [4.78, 5) is 9.35. The molecule has 2 rings (SSSR count). The summed E-state index contributed by atoms with van der Waals surface area (Å²) in [6.07, 6.45) is 3.34. The van der Waals surface area contributed by atoms with Gasteiger partial charge in [-0.15, -0.1) is 0 Å². The molecule has 1 N–H and O–H groups in total. The summed E-state index contributed by atoms with van der Waals surface area (Å²) >= 11 is 1.90. The van der Waals surface area contributed by atoms with Crippen molar-refractivity contribution in [3.8, 4) is 0 Å². The number of aliphatic imine (C=N–C) groups is 1. The van der Waals surface area contributed by atoms with Crippen LogP contribution in [0.4, 0.5) is 0 Å². The Kier molecular flexibility index (Phi) is 7.76. The number of guanidine groups is 1. The fourth-order valence-electron chi connectivity index (χ4n) is 2.94. The lowest BCUT2D eigenvalue weighted by Crippen LogP contribution is -2.52. The van der Waals surface area contributed by atoms with Gasteiger partial charge in [-0.1, -0.05) is 29.8 Å². The first kappa shape index (κ1) is 18.1. The molecule has 1 saturated heterocycles. The molecule has 0 saturated carbocycles. The van der Waals surface area contributed by atoms with Crippen LogP contribution in [0.25, 0.3) is 0 Å². The van der Waals surface area contributed by atoms with E-state index in [1.165, 1.54) is 23.3 Å². The Morgan fingerprint density at radius 2 is 2.04 bits per heavy atom. The number of thioether (sulfide) groups is 1. The van der Waals surface area contributed by atoms with E-state index in [1.807, 2.05) is 18.8 Å². The molecule has 5 heteroatoms. The van der Waals surface area contributed by atoms with Crippen LogP contribution in [0.1, 0.15) is 17.5 Å². The van der Waals surface area contributed by atoms with E-state index in [0.717, 1.165) is 45.2 Å². The number of nitrogens with one attached hydrogen (secondary N) is 1. The molecule has 1 aromatic rings. The number of nitrogens with zero attached hydrogens (tertiary/aromatic N) is 3. The number of rotatable bonds is 6. The van der Waals surface area contributed by atoms with E-state index in [2.05, 4.69) is 57.6 Å². The van der Waals surface area contributed by atoms with Gasteiger partial charge in [0.15, 0.2) is 5.96 Å². The van der Waals surface area contributed by atoms with Gasteiger partial charge in [0, 0.05) is 46.3 Å². The zero-order chi connectivity index (χ0) is 16.5. The molecule has 4 nitrogen and oxygen atoms in total. The molecule has 0 bridgehead atoms. The predicted molar refractivity (Wildman–Crippen MR) is 102 cm³/mol. The minimum Gasteiger partial charge on any atom is -0.356 e. The predicted octanol–water partition coefficient (Wildman–Crippen LogP) is 2.44. The second-order valence-electron chi connectivity index (χ2n) is 6.07. The highest BCUT2D eigenvalue weighted by molar-refractivity contribution is 7.98. The van der Waals surface area contributed by atoms with E-state index in [4.69, 9.17) is 0 Å². The van der Waals surface area contributed by atoms with Gasteiger partial charge in [0.25, 0.3) is 0 Å². The average Bonchev–Trinajstić information content (AvgIpc) is 2.56. The standard InChI is InChI=1S/C18H30N4S/c1-16-6-4-7-17(14-16)15-21-9-11-22(12-10-21)18(19-2)20-8-5-13-23-3/h4,6-7,14H,5,8-13,15H2,1-3H3,(H,19,20). The highest BCUT2D eigenvalue weighted by Crippen LogP contribution is 2.10. The number of piperazine rings is 1. The SMILES string of the molecule is CN=C(NCCCSC)N1CCN(Cc2cccc(C)c2)CC1. The monoisotopic (exact) mass is 334 g/mol. The maximum atomic E-state index is 4.44. The van der Waals surface area contributed by atoms with Crippen molar-refractivity contribution in [3.05, 3.63) is 35.4 Å². The third kappa shape index (κ3) is 6.07. The molecule has 0 atom stereocenters. The Labute approximate surface area is 145 Å². The van der Waals surface area contributed by atoms with E-state index in [0.29, 0.717) is 0 Å². The van der Waals surface area contributed by atoms with Gasteiger partial charge in [0.2, 0.25) is 0 Å². The molecule has 128 valence electrons. The summed E-state index contributed by atoms with van der Waals surface area (Å²) < 4.78 is 0. The summed E-state index contributed by atoms with van der Waals surface area (Å²) in [6, 6.07) is 8.83. The zero-order valence-electron chi connectivity index (χ0n) is 14.7. The maximum absolute atomic E-state index is 4.44. The third-order valence-corrected chi connectivity index (χ3v) is 4.88. The Morgan fingerprint density at radius 1 is 1.26 bits per heavy atom. The van der Waals surface area contributed by atoms with Crippen molar-refractivity contribution in [2.24, 2.45) is 4.99 Å². The largest absolute Gasteiger partial charge is 0.356 e. The van der Waals surface area contributed by atoms with Crippen molar-refractivity contribution in [2.45, 2.75) is 19.9 Å². The minimum absolute atomic E-state index is 1.01. The average molecular weight is 335 g/mol. The summed E-state index contributed by atoms with van der Waals surface area (Å²) in [5.41, 5.74) is 2.76. The molecule has 1 aromatic carbocycles. The first-order valence-electron chi connectivity index (χ1n) is 8.45. The van der Waals surface area contributed by atoms with Crippen LogP contribution in [0.15, 0.2) is 29.3 Å².